The van der Waals surface area contributed by atoms with E-state index in [1.807, 2.05) is 0 Å². The zero-order chi connectivity index (χ0) is 13.0. The number of aliphatic hydroxyl groups excluding tert-OH is 1. The predicted octanol–water partition coefficient (Wildman–Crippen LogP) is 3.60. The molecule has 0 saturated heterocycles. The van der Waals surface area contributed by atoms with E-state index >= 15 is 0 Å². The molecule has 1 aliphatic rings. The molecule has 0 heterocycles. The van der Waals surface area contributed by atoms with E-state index in [0.29, 0.717) is 12.0 Å². The van der Waals surface area contributed by atoms with Crippen LogP contribution in [0, 0.1) is 5.92 Å². The predicted molar refractivity (Wildman–Crippen MR) is 76.9 cm³/mol. The summed E-state index contributed by atoms with van der Waals surface area (Å²) in [5.74, 6) is 0.712. The molecule has 18 heavy (non-hydrogen) atoms. The van der Waals surface area contributed by atoms with Gasteiger partial charge in [-0.25, -0.2) is 0 Å². The van der Waals surface area contributed by atoms with Gasteiger partial charge < -0.3 is 10.4 Å². The fourth-order valence-corrected chi connectivity index (χ4v) is 2.66. The van der Waals surface area contributed by atoms with Crippen molar-refractivity contribution in [3.63, 3.8) is 0 Å². The summed E-state index contributed by atoms with van der Waals surface area (Å²) in [6.07, 6.45) is 5.10. The van der Waals surface area contributed by atoms with Gasteiger partial charge in [0, 0.05) is 11.7 Å². The van der Waals surface area contributed by atoms with Crippen LogP contribution in [0.2, 0.25) is 0 Å². The maximum absolute atomic E-state index is 9.49. The van der Waals surface area contributed by atoms with Crippen LogP contribution in [0.25, 0.3) is 0 Å². The summed E-state index contributed by atoms with van der Waals surface area (Å²) in [6.45, 7) is 4.50. The molecule has 0 bridgehead atoms. The fraction of sp³-hybridized carbons (Fsp3) is 0.625. The molecule has 0 amide bonds. The lowest BCUT2D eigenvalue weighted by atomic mass is 9.93. The Hall–Kier alpha value is -1.02. The van der Waals surface area contributed by atoms with Crippen LogP contribution in [-0.4, -0.2) is 17.3 Å². The van der Waals surface area contributed by atoms with E-state index in [2.05, 4.69) is 43.4 Å². The normalized spacial score (nSPS) is 24.2. The van der Waals surface area contributed by atoms with Crippen molar-refractivity contribution in [1.82, 2.24) is 0 Å². The van der Waals surface area contributed by atoms with Crippen LogP contribution in [0.5, 0.6) is 0 Å². The summed E-state index contributed by atoms with van der Waals surface area (Å²) in [4.78, 5) is 0. The summed E-state index contributed by atoms with van der Waals surface area (Å²) in [5.41, 5.74) is 2.62. The van der Waals surface area contributed by atoms with E-state index < -0.39 is 0 Å². The minimum absolute atomic E-state index is 0.0727. The van der Waals surface area contributed by atoms with Gasteiger partial charge in [0.1, 0.15) is 0 Å². The minimum Gasteiger partial charge on any atom is -0.393 e. The number of benzene rings is 1. The first-order valence-corrected chi connectivity index (χ1v) is 7.17. The average molecular weight is 247 g/mol. The molecule has 1 fully saturated rings. The maximum Gasteiger partial charge on any atom is 0.0541 e. The Morgan fingerprint density at radius 3 is 2.28 bits per heavy atom. The van der Waals surface area contributed by atoms with E-state index in [1.165, 1.54) is 11.3 Å². The molecule has 0 atom stereocenters. The summed E-state index contributed by atoms with van der Waals surface area (Å²) in [7, 11) is 0. The number of hydrogen-bond donors (Lipinski definition) is 2. The van der Waals surface area contributed by atoms with Crippen molar-refractivity contribution in [2.75, 3.05) is 5.32 Å². The first-order valence-electron chi connectivity index (χ1n) is 7.17. The Labute approximate surface area is 110 Å². The van der Waals surface area contributed by atoms with Gasteiger partial charge in [-0.2, -0.15) is 0 Å². The lowest BCUT2D eigenvalue weighted by molar-refractivity contribution is 0.126. The SMILES string of the molecule is CC(C)Cc1ccc(NC2CCC(O)CC2)cc1. The van der Waals surface area contributed by atoms with Crippen LogP contribution in [-0.2, 0) is 6.42 Å². The van der Waals surface area contributed by atoms with Crippen molar-refractivity contribution in [2.45, 2.75) is 58.1 Å². The van der Waals surface area contributed by atoms with Crippen molar-refractivity contribution in [3.05, 3.63) is 29.8 Å². The van der Waals surface area contributed by atoms with E-state index in [9.17, 15) is 5.11 Å². The van der Waals surface area contributed by atoms with Crippen LogP contribution >= 0.6 is 0 Å². The highest BCUT2D eigenvalue weighted by atomic mass is 16.3. The second-order valence-corrected chi connectivity index (χ2v) is 5.94. The monoisotopic (exact) mass is 247 g/mol. The Morgan fingerprint density at radius 2 is 1.72 bits per heavy atom. The topological polar surface area (TPSA) is 32.3 Å². The number of rotatable bonds is 4. The van der Waals surface area contributed by atoms with Gasteiger partial charge in [0.05, 0.1) is 6.10 Å². The minimum atomic E-state index is -0.0727. The van der Waals surface area contributed by atoms with E-state index in [0.717, 1.165) is 32.1 Å². The Kier molecular flexibility index (Phi) is 4.65. The molecule has 2 heteroatoms. The number of aliphatic hydroxyl groups is 1. The largest absolute Gasteiger partial charge is 0.393 e. The molecule has 1 aromatic carbocycles. The van der Waals surface area contributed by atoms with Crippen molar-refractivity contribution >= 4 is 5.69 Å². The smallest absolute Gasteiger partial charge is 0.0541 e. The van der Waals surface area contributed by atoms with Gasteiger partial charge in [0.25, 0.3) is 0 Å². The van der Waals surface area contributed by atoms with Crippen LogP contribution in [0.15, 0.2) is 24.3 Å². The average Bonchev–Trinajstić information content (AvgIpc) is 2.34. The first-order chi connectivity index (χ1) is 8.63. The second-order valence-electron chi connectivity index (χ2n) is 5.94. The van der Waals surface area contributed by atoms with Crippen molar-refractivity contribution in [3.8, 4) is 0 Å². The molecule has 0 aromatic heterocycles. The molecule has 1 saturated carbocycles. The Morgan fingerprint density at radius 1 is 1.11 bits per heavy atom. The van der Waals surface area contributed by atoms with Gasteiger partial charge in [-0.05, 0) is 55.7 Å². The molecular weight excluding hydrogens is 222 g/mol. The second kappa shape index (κ2) is 6.24. The molecule has 2 N–H and O–H groups in total. The van der Waals surface area contributed by atoms with E-state index in [4.69, 9.17) is 0 Å². The summed E-state index contributed by atoms with van der Waals surface area (Å²) >= 11 is 0. The fourth-order valence-electron chi connectivity index (χ4n) is 2.66. The molecule has 2 nitrogen and oxygen atoms in total. The Bertz CT molecular complexity index is 350. The zero-order valence-corrected chi connectivity index (χ0v) is 11.5. The van der Waals surface area contributed by atoms with Gasteiger partial charge >= 0.3 is 0 Å². The van der Waals surface area contributed by atoms with Gasteiger partial charge in [-0.3, -0.25) is 0 Å². The van der Waals surface area contributed by atoms with E-state index in [1.54, 1.807) is 0 Å². The molecule has 0 radical (unpaired) electrons. The number of hydrogen-bond acceptors (Lipinski definition) is 2. The van der Waals surface area contributed by atoms with Crippen molar-refractivity contribution in [2.24, 2.45) is 5.92 Å². The third-order valence-electron chi connectivity index (χ3n) is 3.67. The highest BCUT2D eigenvalue weighted by Gasteiger charge is 2.18. The third-order valence-corrected chi connectivity index (χ3v) is 3.67. The summed E-state index contributed by atoms with van der Waals surface area (Å²) in [6, 6.07) is 9.34. The van der Waals surface area contributed by atoms with Gasteiger partial charge in [-0.1, -0.05) is 26.0 Å². The highest BCUT2D eigenvalue weighted by molar-refractivity contribution is 5.45. The van der Waals surface area contributed by atoms with Crippen LogP contribution < -0.4 is 5.32 Å². The maximum atomic E-state index is 9.49. The highest BCUT2D eigenvalue weighted by Crippen LogP contribution is 2.22. The summed E-state index contributed by atoms with van der Waals surface area (Å²) < 4.78 is 0. The summed E-state index contributed by atoms with van der Waals surface area (Å²) in [5, 5.41) is 13.1. The van der Waals surface area contributed by atoms with Crippen LogP contribution in [0.1, 0.15) is 45.1 Å². The molecule has 1 aliphatic carbocycles. The third kappa shape index (κ3) is 4.02. The van der Waals surface area contributed by atoms with Gasteiger partial charge in [-0.15, -0.1) is 0 Å². The lowest BCUT2D eigenvalue weighted by Crippen LogP contribution is -2.28. The molecular formula is C16H25NO. The van der Waals surface area contributed by atoms with Crippen molar-refractivity contribution in [1.29, 1.82) is 0 Å². The Balaban J connectivity index is 1.86. The lowest BCUT2D eigenvalue weighted by Gasteiger charge is -2.27. The van der Waals surface area contributed by atoms with Crippen LogP contribution in [0.4, 0.5) is 5.69 Å². The molecule has 0 aliphatic heterocycles. The number of anilines is 1. The van der Waals surface area contributed by atoms with Crippen molar-refractivity contribution < 1.29 is 5.11 Å². The van der Waals surface area contributed by atoms with Crippen LogP contribution in [0.3, 0.4) is 0 Å². The molecule has 100 valence electrons. The standard InChI is InChI=1S/C16H25NO/c1-12(2)11-13-3-5-14(6-4-13)17-15-7-9-16(18)10-8-15/h3-6,12,15-18H,7-11H2,1-2H3. The quantitative estimate of drug-likeness (QED) is 0.852. The molecule has 2 rings (SSSR count). The first kappa shape index (κ1) is 13.4. The van der Waals surface area contributed by atoms with E-state index in [-0.39, 0.29) is 6.10 Å². The zero-order valence-electron chi connectivity index (χ0n) is 11.5. The van der Waals surface area contributed by atoms with Gasteiger partial charge in [0.15, 0.2) is 0 Å². The number of nitrogens with one attached hydrogen (secondary N) is 1. The molecule has 1 aromatic rings. The molecule has 0 spiro atoms. The van der Waals surface area contributed by atoms with Gasteiger partial charge in [0.2, 0.25) is 0 Å². The molecule has 0 unspecified atom stereocenters.